The van der Waals surface area contributed by atoms with Crippen molar-refractivity contribution in [2.75, 3.05) is 13.1 Å². The van der Waals surface area contributed by atoms with Crippen molar-refractivity contribution in [3.8, 4) is 5.88 Å². The molecule has 3 heterocycles. The second kappa shape index (κ2) is 5.74. The maximum absolute atomic E-state index is 12.3. The zero-order chi connectivity index (χ0) is 14.7. The fraction of sp³-hybridized carbons (Fsp3) is 0.286. The number of nitrogens with zero attached hydrogens (tertiary/aromatic N) is 3. The molecular weight excluding hydrogens is 272 g/mol. The summed E-state index contributed by atoms with van der Waals surface area (Å²) in [6.45, 7) is 1.11. The zero-order valence-electron chi connectivity index (χ0n) is 11.2. The van der Waals surface area contributed by atoms with Gasteiger partial charge in [-0.3, -0.25) is 14.6 Å². The topological polar surface area (TPSA) is 88.2 Å². The summed E-state index contributed by atoms with van der Waals surface area (Å²) in [5.41, 5.74) is 0.242. The number of hydrogen-bond donors (Lipinski definition) is 1. The Kier molecular flexibility index (Phi) is 3.63. The molecule has 1 aliphatic rings. The number of H-pyrrole nitrogens is 1. The Hall–Kier alpha value is -2.70. The molecule has 0 radical (unpaired) electrons. The lowest BCUT2D eigenvalue weighted by molar-refractivity contribution is 0.0770. The number of nitrogens with one attached hydrogen (secondary N) is 1. The molecule has 0 aromatic carbocycles. The quantitative estimate of drug-likeness (QED) is 0.885. The van der Waals surface area contributed by atoms with Crippen LogP contribution in [0, 0.1) is 0 Å². The van der Waals surface area contributed by atoms with Crippen LogP contribution in [-0.4, -0.2) is 45.0 Å². The lowest BCUT2D eigenvalue weighted by atomic mass is 10.2. The van der Waals surface area contributed by atoms with Crippen molar-refractivity contribution in [3.63, 3.8) is 0 Å². The summed E-state index contributed by atoms with van der Waals surface area (Å²) >= 11 is 0. The summed E-state index contributed by atoms with van der Waals surface area (Å²) in [4.78, 5) is 35.5. The molecule has 108 valence electrons. The van der Waals surface area contributed by atoms with Crippen LogP contribution >= 0.6 is 0 Å². The highest BCUT2D eigenvalue weighted by atomic mass is 16.5. The van der Waals surface area contributed by atoms with Crippen LogP contribution < -0.4 is 10.3 Å². The Morgan fingerprint density at radius 3 is 3.00 bits per heavy atom. The van der Waals surface area contributed by atoms with Gasteiger partial charge in [0, 0.05) is 37.6 Å². The number of aromatic nitrogens is 3. The molecule has 1 saturated heterocycles. The average molecular weight is 286 g/mol. The third-order valence-electron chi connectivity index (χ3n) is 3.29. The molecule has 1 amide bonds. The van der Waals surface area contributed by atoms with Crippen molar-refractivity contribution in [2.45, 2.75) is 12.5 Å². The van der Waals surface area contributed by atoms with Gasteiger partial charge in [0.05, 0.1) is 18.3 Å². The molecule has 7 nitrogen and oxygen atoms in total. The van der Waals surface area contributed by atoms with Gasteiger partial charge < -0.3 is 14.6 Å². The number of carbonyl (C=O) groups is 1. The summed E-state index contributed by atoms with van der Waals surface area (Å²) in [5, 5.41) is 0. The number of amides is 1. The van der Waals surface area contributed by atoms with Gasteiger partial charge in [0.2, 0.25) is 11.4 Å². The van der Waals surface area contributed by atoms with Gasteiger partial charge in [-0.2, -0.15) is 0 Å². The minimum atomic E-state index is -0.225. The highest BCUT2D eigenvalue weighted by Gasteiger charge is 2.28. The third-order valence-corrected chi connectivity index (χ3v) is 3.29. The van der Waals surface area contributed by atoms with Gasteiger partial charge in [0.1, 0.15) is 6.10 Å². The fourth-order valence-corrected chi connectivity index (χ4v) is 2.25. The molecule has 2 aromatic rings. The van der Waals surface area contributed by atoms with E-state index in [2.05, 4.69) is 15.0 Å². The first kappa shape index (κ1) is 13.3. The molecule has 2 aromatic heterocycles. The SMILES string of the molecule is O=C(c1ccc(=O)[nH]c1)N1CCC(Oc2cnccn2)C1. The van der Waals surface area contributed by atoms with Gasteiger partial charge in [-0.25, -0.2) is 4.98 Å². The van der Waals surface area contributed by atoms with E-state index in [0.717, 1.165) is 6.42 Å². The average Bonchev–Trinajstić information content (AvgIpc) is 2.97. The number of ether oxygens (including phenoxy) is 1. The van der Waals surface area contributed by atoms with E-state index in [-0.39, 0.29) is 17.6 Å². The van der Waals surface area contributed by atoms with E-state index in [1.807, 2.05) is 0 Å². The predicted molar refractivity (Wildman–Crippen MR) is 74.0 cm³/mol. The van der Waals surface area contributed by atoms with E-state index in [1.165, 1.54) is 18.3 Å². The molecule has 1 atom stereocenters. The Labute approximate surface area is 120 Å². The molecule has 0 saturated carbocycles. The summed E-state index contributed by atoms with van der Waals surface area (Å²) in [6, 6.07) is 2.87. The first-order chi connectivity index (χ1) is 10.2. The molecule has 3 rings (SSSR count). The van der Waals surface area contributed by atoms with Crippen LogP contribution in [0.3, 0.4) is 0 Å². The van der Waals surface area contributed by atoms with Crippen molar-refractivity contribution in [3.05, 3.63) is 52.8 Å². The van der Waals surface area contributed by atoms with Gasteiger partial charge in [0.25, 0.3) is 5.91 Å². The Balaban J connectivity index is 1.63. The lowest BCUT2D eigenvalue weighted by Gasteiger charge is -2.16. The monoisotopic (exact) mass is 286 g/mol. The number of hydrogen-bond acceptors (Lipinski definition) is 5. The van der Waals surface area contributed by atoms with Crippen molar-refractivity contribution in [1.29, 1.82) is 0 Å². The molecule has 1 N–H and O–H groups in total. The molecule has 1 aliphatic heterocycles. The van der Waals surface area contributed by atoms with Crippen molar-refractivity contribution < 1.29 is 9.53 Å². The minimum Gasteiger partial charge on any atom is -0.471 e. The zero-order valence-corrected chi connectivity index (χ0v) is 11.2. The van der Waals surface area contributed by atoms with E-state index in [9.17, 15) is 9.59 Å². The van der Waals surface area contributed by atoms with E-state index < -0.39 is 0 Å². The maximum Gasteiger partial charge on any atom is 0.255 e. The van der Waals surface area contributed by atoms with Crippen LogP contribution in [0.15, 0.2) is 41.7 Å². The van der Waals surface area contributed by atoms with Crippen molar-refractivity contribution in [1.82, 2.24) is 19.9 Å². The summed E-state index contributed by atoms with van der Waals surface area (Å²) < 4.78 is 5.69. The van der Waals surface area contributed by atoms with Gasteiger partial charge in [-0.15, -0.1) is 0 Å². The van der Waals surface area contributed by atoms with E-state index in [4.69, 9.17) is 4.74 Å². The molecule has 0 aliphatic carbocycles. The first-order valence-electron chi connectivity index (χ1n) is 6.63. The van der Waals surface area contributed by atoms with Crippen LogP contribution in [0.5, 0.6) is 5.88 Å². The van der Waals surface area contributed by atoms with Crippen LogP contribution in [0.1, 0.15) is 16.8 Å². The maximum atomic E-state index is 12.3. The number of aromatic amines is 1. The molecule has 21 heavy (non-hydrogen) atoms. The lowest BCUT2D eigenvalue weighted by Crippen LogP contribution is -2.31. The van der Waals surface area contributed by atoms with E-state index in [0.29, 0.717) is 24.5 Å². The Morgan fingerprint density at radius 1 is 1.38 bits per heavy atom. The standard InChI is InChI=1S/C14H14N4O3/c19-12-2-1-10(7-17-12)14(20)18-6-3-11(9-18)21-13-8-15-4-5-16-13/h1-2,4-5,7-8,11H,3,6,9H2,(H,17,19). The normalized spacial score (nSPS) is 17.7. The second-order valence-corrected chi connectivity index (χ2v) is 4.76. The molecule has 7 heteroatoms. The van der Waals surface area contributed by atoms with Crippen LogP contribution in [0.4, 0.5) is 0 Å². The van der Waals surface area contributed by atoms with Crippen LogP contribution in [-0.2, 0) is 0 Å². The molecule has 0 bridgehead atoms. The number of likely N-dealkylation sites (tertiary alicyclic amines) is 1. The number of rotatable bonds is 3. The van der Waals surface area contributed by atoms with Crippen molar-refractivity contribution in [2.24, 2.45) is 0 Å². The van der Waals surface area contributed by atoms with Gasteiger partial charge in [0.15, 0.2) is 0 Å². The fourth-order valence-electron chi connectivity index (χ4n) is 2.25. The van der Waals surface area contributed by atoms with E-state index in [1.54, 1.807) is 23.5 Å². The Bertz CT molecular complexity index is 666. The van der Waals surface area contributed by atoms with Crippen LogP contribution in [0.2, 0.25) is 0 Å². The summed E-state index contributed by atoms with van der Waals surface area (Å²) in [6.07, 6.45) is 6.77. The second-order valence-electron chi connectivity index (χ2n) is 4.76. The van der Waals surface area contributed by atoms with Gasteiger partial charge in [-0.1, -0.05) is 0 Å². The van der Waals surface area contributed by atoms with Crippen LogP contribution in [0.25, 0.3) is 0 Å². The predicted octanol–water partition coefficient (Wildman–Crippen LogP) is 0.458. The molecular formula is C14H14N4O3. The molecule has 1 unspecified atom stereocenters. The smallest absolute Gasteiger partial charge is 0.255 e. The molecule has 0 spiro atoms. The number of pyridine rings is 1. The minimum absolute atomic E-state index is 0.0894. The summed E-state index contributed by atoms with van der Waals surface area (Å²) in [7, 11) is 0. The van der Waals surface area contributed by atoms with Crippen molar-refractivity contribution >= 4 is 5.91 Å². The highest BCUT2D eigenvalue weighted by molar-refractivity contribution is 5.94. The molecule has 1 fully saturated rings. The Morgan fingerprint density at radius 2 is 2.29 bits per heavy atom. The largest absolute Gasteiger partial charge is 0.471 e. The van der Waals surface area contributed by atoms with Gasteiger partial charge >= 0.3 is 0 Å². The van der Waals surface area contributed by atoms with E-state index >= 15 is 0 Å². The number of carbonyl (C=O) groups excluding carboxylic acids is 1. The highest BCUT2D eigenvalue weighted by Crippen LogP contribution is 2.17. The first-order valence-corrected chi connectivity index (χ1v) is 6.63. The van der Waals surface area contributed by atoms with Gasteiger partial charge in [-0.05, 0) is 6.07 Å². The summed E-state index contributed by atoms with van der Waals surface area (Å²) in [5.74, 6) is 0.345. The third kappa shape index (κ3) is 3.07.